The van der Waals surface area contributed by atoms with Gasteiger partial charge < -0.3 is 10.3 Å². The van der Waals surface area contributed by atoms with Crippen molar-refractivity contribution in [2.24, 2.45) is 10.2 Å². The Morgan fingerprint density at radius 1 is 1.30 bits per heavy atom. The van der Waals surface area contributed by atoms with Gasteiger partial charge in [-0.2, -0.15) is 10.2 Å². The second-order valence-electron chi connectivity index (χ2n) is 6.38. The zero-order valence-electron chi connectivity index (χ0n) is 15.0. The van der Waals surface area contributed by atoms with E-state index in [1.807, 2.05) is 0 Å². The number of carbonyl (C=O) groups excluding carboxylic acids is 1. The van der Waals surface area contributed by atoms with Gasteiger partial charge in [0, 0.05) is 55.0 Å². The molecule has 0 bridgehead atoms. The average molecular weight is 364 g/mol. The molecule has 0 aromatic carbocycles. The van der Waals surface area contributed by atoms with Crippen LogP contribution in [0.5, 0.6) is 0 Å². The molecular formula is C19H20N6O2. The first-order valence-electron chi connectivity index (χ1n) is 8.67. The molecule has 27 heavy (non-hydrogen) atoms. The smallest absolute Gasteiger partial charge is 0.255 e. The molecule has 3 rings (SSSR count). The maximum absolute atomic E-state index is 12.4. The van der Waals surface area contributed by atoms with Gasteiger partial charge in [0.2, 0.25) is 5.91 Å². The molecule has 0 unspecified atom stereocenters. The third-order valence-corrected chi connectivity index (χ3v) is 4.41. The number of amides is 1. The molecule has 138 valence electrons. The fraction of sp³-hybridized carbons (Fsp3) is 0.368. The lowest BCUT2D eigenvalue weighted by molar-refractivity contribution is -0.120. The third kappa shape index (κ3) is 4.64. The van der Waals surface area contributed by atoms with Crippen molar-refractivity contribution in [3.05, 3.63) is 46.1 Å². The van der Waals surface area contributed by atoms with Gasteiger partial charge in [0.05, 0.1) is 6.42 Å². The fourth-order valence-electron chi connectivity index (χ4n) is 2.76. The first-order valence-corrected chi connectivity index (χ1v) is 8.67. The molecule has 0 saturated carbocycles. The van der Waals surface area contributed by atoms with Crippen LogP contribution in [0.1, 0.15) is 30.5 Å². The van der Waals surface area contributed by atoms with Crippen LogP contribution < -0.4 is 10.9 Å². The minimum Gasteiger partial charge on any atom is -0.356 e. The van der Waals surface area contributed by atoms with Crippen LogP contribution in [0.4, 0.5) is 0 Å². The summed E-state index contributed by atoms with van der Waals surface area (Å²) in [4.78, 5) is 35.7. The summed E-state index contributed by atoms with van der Waals surface area (Å²) in [6, 6.07) is 3.52. The largest absolute Gasteiger partial charge is 0.356 e. The number of hydrogen-bond donors (Lipinski definition) is 2. The Hall–Kier alpha value is -3.34. The number of hydrogen-bond acceptors (Lipinski definition) is 6. The number of pyridine rings is 1. The molecule has 2 N–H and O–H groups in total. The van der Waals surface area contributed by atoms with Crippen molar-refractivity contribution in [3.8, 4) is 23.7 Å². The van der Waals surface area contributed by atoms with Gasteiger partial charge in [-0.15, -0.1) is 12.3 Å². The Morgan fingerprint density at radius 2 is 2.04 bits per heavy atom. The number of nitrogens with one attached hydrogen (secondary N) is 2. The predicted octanol–water partition coefficient (Wildman–Crippen LogP) is 1.76. The van der Waals surface area contributed by atoms with Crippen LogP contribution in [0.3, 0.4) is 0 Å². The highest BCUT2D eigenvalue weighted by molar-refractivity contribution is 5.78. The maximum atomic E-state index is 12.4. The first kappa shape index (κ1) is 18.5. The summed E-state index contributed by atoms with van der Waals surface area (Å²) in [5.41, 5.74) is 0.893. The van der Waals surface area contributed by atoms with E-state index in [9.17, 15) is 9.59 Å². The summed E-state index contributed by atoms with van der Waals surface area (Å²) >= 11 is 0. The second kappa shape index (κ2) is 7.91. The van der Waals surface area contributed by atoms with E-state index in [1.54, 1.807) is 31.5 Å². The van der Waals surface area contributed by atoms with Crippen LogP contribution in [-0.4, -0.2) is 33.1 Å². The molecule has 0 atom stereocenters. The van der Waals surface area contributed by atoms with E-state index >= 15 is 0 Å². The van der Waals surface area contributed by atoms with E-state index in [0.717, 1.165) is 5.56 Å². The molecule has 1 aliphatic heterocycles. The van der Waals surface area contributed by atoms with E-state index in [4.69, 9.17) is 6.42 Å². The van der Waals surface area contributed by atoms with Crippen molar-refractivity contribution in [1.82, 2.24) is 20.3 Å². The molecule has 1 amide bonds. The molecule has 0 saturated heterocycles. The third-order valence-electron chi connectivity index (χ3n) is 4.41. The molecule has 1 aliphatic rings. The monoisotopic (exact) mass is 364 g/mol. The summed E-state index contributed by atoms with van der Waals surface area (Å²) in [6.45, 7) is 2.15. The van der Waals surface area contributed by atoms with Gasteiger partial charge in [0.1, 0.15) is 5.82 Å². The van der Waals surface area contributed by atoms with Gasteiger partial charge in [-0.05, 0) is 19.1 Å². The molecule has 2 aromatic heterocycles. The summed E-state index contributed by atoms with van der Waals surface area (Å²) in [7, 11) is 0. The molecular weight excluding hydrogens is 344 g/mol. The molecule has 3 heterocycles. The van der Waals surface area contributed by atoms with Gasteiger partial charge in [-0.25, -0.2) is 4.98 Å². The summed E-state index contributed by atoms with van der Waals surface area (Å²) < 4.78 is 0. The average Bonchev–Trinajstić information content (AvgIpc) is 3.43. The number of rotatable bonds is 8. The first-order chi connectivity index (χ1) is 13.0. The van der Waals surface area contributed by atoms with Gasteiger partial charge in [-0.3, -0.25) is 14.6 Å². The van der Waals surface area contributed by atoms with Crippen LogP contribution in [0, 0.1) is 19.3 Å². The Balaban J connectivity index is 1.58. The number of nitrogens with zero attached hydrogens (tertiary/aromatic N) is 4. The SMILES string of the molecule is C#CCCC1(CCNC(=O)Cc2c(C)nc(-c3ccncc3)[nH]c2=O)N=N1. The highest BCUT2D eigenvalue weighted by Crippen LogP contribution is 2.35. The molecule has 0 radical (unpaired) electrons. The zero-order valence-corrected chi connectivity index (χ0v) is 15.0. The highest BCUT2D eigenvalue weighted by Gasteiger charge is 2.38. The Morgan fingerprint density at radius 3 is 2.67 bits per heavy atom. The summed E-state index contributed by atoms with van der Waals surface area (Å²) in [6.07, 6.45) is 10.4. The number of carbonyl (C=O) groups is 1. The molecule has 8 heteroatoms. The Bertz CT molecular complexity index is 952. The van der Waals surface area contributed by atoms with Crippen molar-refractivity contribution >= 4 is 5.91 Å². The minimum absolute atomic E-state index is 0.0313. The van der Waals surface area contributed by atoms with E-state index in [1.165, 1.54) is 0 Å². The number of terminal acetylenes is 1. The number of aromatic amines is 1. The predicted molar refractivity (Wildman–Crippen MR) is 99.8 cm³/mol. The summed E-state index contributed by atoms with van der Waals surface area (Å²) in [5.74, 6) is 2.78. The van der Waals surface area contributed by atoms with Crippen LogP contribution in [0.2, 0.25) is 0 Å². The van der Waals surface area contributed by atoms with E-state index in [-0.39, 0.29) is 17.9 Å². The fourth-order valence-corrected chi connectivity index (χ4v) is 2.76. The Kier molecular flexibility index (Phi) is 5.41. The molecule has 0 fully saturated rings. The van der Waals surface area contributed by atoms with Gasteiger partial charge in [0.25, 0.3) is 5.56 Å². The maximum Gasteiger partial charge on any atom is 0.255 e. The Labute approximate surface area is 156 Å². The molecule has 0 spiro atoms. The molecule has 0 aliphatic carbocycles. The van der Waals surface area contributed by atoms with Gasteiger partial charge in [0.15, 0.2) is 5.66 Å². The number of aromatic nitrogens is 3. The van der Waals surface area contributed by atoms with E-state index in [0.29, 0.717) is 42.9 Å². The lowest BCUT2D eigenvalue weighted by Gasteiger charge is -2.11. The van der Waals surface area contributed by atoms with Crippen LogP contribution >= 0.6 is 0 Å². The van der Waals surface area contributed by atoms with Crippen LogP contribution in [0.15, 0.2) is 39.5 Å². The molecule has 2 aromatic rings. The van der Waals surface area contributed by atoms with Crippen molar-refractivity contribution < 1.29 is 4.79 Å². The highest BCUT2D eigenvalue weighted by atomic mass is 16.2. The standard InChI is InChI=1S/C19H20N6O2/c1-3-4-7-19(24-25-19)8-11-21-16(26)12-15-13(2)22-17(23-18(15)27)14-5-9-20-10-6-14/h1,5-6,9-10H,4,7-8,11-12H2,2H3,(H,21,26)(H,22,23,27). The molecule has 8 nitrogen and oxygen atoms in total. The van der Waals surface area contributed by atoms with Crippen LogP contribution in [0.25, 0.3) is 11.4 Å². The van der Waals surface area contributed by atoms with Crippen LogP contribution in [-0.2, 0) is 11.2 Å². The summed E-state index contributed by atoms with van der Waals surface area (Å²) in [5, 5.41) is 10.9. The quantitative estimate of drug-likeness (QED) is 0.695. The second-order valence-corrected chi connectivity index (χ2v) is 6.38. The topological polar surface area (TPSA) is 112 Å². The number of H-pyrrole nitrogens is 1. The van der Waals surface area contributed by atoms with Gasteiger partial charge >= 0.3 is 0 Å². The minimum atomic E-state index is -0.430. The number of aryl methyl sites for hydroxylation is 1. The normalized spacial score (nSPS) is 13.8. The van der Waals surface area contributed by atoms with Gasteiger partial charge in [-0.1, -0.05) is 0 Å². The van der Waals surface area contributed by atoms with Crippen molar-refractivity contribution in [2.75, 3.05) is 6.54 Å². The van der Waals surface area contributed by atoms with E-state index < -0.39 is 5.66 Å². The van der Waals surface area contributed by atoms with Crippen molar-refractivity contribution in [3.63, 3.8) is 0 Å². The van der Waals surface area contributed by atoms with Crippen molar-refractivity contribution in [1.29, 1.82) is 0 Å². The lowest BCUT2D eigenvalue weighted by atomic mass is 10.0. The zero-order chi connectivity index (χ0) is 19.3. The van der Waals surface area contributed by atoms with E-state index in [2.05, 4.69) is 36.4 Å². The lowest BCUT2D eigenvalue weighted by Crippen LogP contribution is -2.31. The van der Waals surface area contributed by atoms with Crippen molar-refractivity contribution in [2.45, 2.75) is 38.3 Å².